The molecule has 3 aromatic rings. The van der Waals surface area contributed by atoms with Gasteiger partial charge >= 0.3 is 0 Å². The summed E-state index contributed by atoms with van der Waals surface area (Å²) in [5, 5.41) is 0. The lowest BCUT2D eigenvalue weighted by Gasteiger charge is -2.27. The van der Waals surface area contributed by atoms with Gasteiger partial charge in [0, 0.05) is 18.0 Å². The van der Waals surface area contributed by atoms with Gasteiger partial charge in [0.15, 0.2) is 0 Å². The van der Waals surface area contributed by atoms with Gasteiger partial charge < -0.3 is 14.0 Å². The molecule has 0 unspecified atom stereocenters. The van der Waals surface area contributed by atoms with Crippen LogP contribution in [0.25, 0.3) is 0 Å². The minimum Gasteiger partial charge on any atom is -0.483 e. The van der Waals surface area contributed by atoms with Crippen molar-refractivity contribution < 1.29 is 9.47 Å². The van der Waals surface area contributed by atoms with E-state index in [2.05, 4.69) is 59.8 Å². The number of nitrogens with zero attached hydrogens (tertiary/aromatic N) is 2. The maximum absolute atomic E-state index is 6.74. The third kappa shape index (κ3) is 5.37. The molecule has 4 nitrogen and oxygen atoms in total. The first-order valence-electron chi connectivity index (χ1n) is 11.7. The van der Waals surface area contributed by atoms with E-state index in [1.807, 2.05) is 24.8 Å². The maximum atomic E-state index is 6.74. The zero-order chi connectivity index (χ0) is 21.5. The smallest absolute Gasteiger partial charge is 0.142 e. The highest BCUT2D eigenvalue weighted by molar-refractivity contribution is 5.46. The minimum atomic E-state index is -0.0936. The molecular formula is C27H34N2O2. The fourth-order valence-corrected chi connectivity index (χ4v) is 4.49. The molecule has 0 spiro atoms. The largest absolute Gasteiger partial charge is 0.483 e. The predicted molar refractivity (Wildman–Crippen MR) is 124 cm³/mol. The highest BCUT2D eigenvalue weighted by Gasteiger charge is 2.22. The van der Waals surface area contributed by atoms with Crippen molar-refractivity contribution in [3.63, 3.8) is 0 Å². The van der Waals surface area contributed by atoms with Crippen molar-refractivity contribution in [2.75, 3.05) is 0 Å². The van der Waals surface area contributed by atoms with Gasteiger partial charge in [0.25, 0.3) is 0 Å². The zero-order valence-electron chi connectivity index (χ0n) is 18.8. The fraction of sp³-hybridized carbons (Fsp3) is 0.444. The van der Waals surface area contributed by atoms with Gasteiger partial charge in [-0.15, -0.1) is 0 Å². The van der Waals surface area contributed by atoms with E-state index in [0.29, 0.717) is 19.3 Å². The van der Waals surface area contributed by atoms with Gasteiger partial charge in [-0.2, -0.15) is 0 Å². The Bertz CT molecular complexity index is 933. The highest BCUT2D eigenvalue weighted by atomic mass is 16.5. The van der Waals surface area contributed by atoms with Gasteiger partial charge in [-0.05, 0) is 61.3 Å². The standard InChI is InChI=1S/C27H34N2O2/c1-3-23(4-2)30-19-25-24-13-9-8-10-21(24)14-15-26(25)31-27(18-29-17-16-28-20-29)22-11-6-5-7-12-22/h5-7,11-12,14-17,20,23,27H,3-4,8-10,13,18-19H2,1-2H3/t27-/m1/s1. The van der Waals surface area contributed by atoms with Crippen molar-refractivity contribution in [3.05, 3.63) is 83.4 Å². The molecule has 4 rings (SSSR count). The van der Waals surface area contributed by atoms with Crippen LogP contribution in [-0.4, -0.2) is 15.7 Å². The SMILES string of the molecule is CCC(CC)OCc1c(O[C@H](Cn2ccnc2)c2ccccc2)ccc2c1CCCC2. The summed E-state index contributed by atoms with van der Waals surface area (Å²) in [5.74, 6) is 0.959. The first-order chi connectivity index (χ1) is 15.3. The van der Waals surface area contributed by atoms with E-state index in [-0.39, 0.29) is 6.10 Å². The molecule has 0 N–H and O–H groups in total. The van der Waals surface area contributed by atoms with Crippen LogP contribution in [0, 0.1) is 0 Å². The van der Waals surface area contributed by atoms with Gasteiger partial charge in [0.1, 0.15) is 11.9 Å². The van der Waals surface area contributed by atoms with Crippen LogP contribution in [0.5, 0.6) is 5.75 Å². The molecule has 1 heterocycles. The molecule has 0 aliphatic heterocycles. The van der Waals surface area contributed by atoms with Crippen LogP contribution < -0.4 is 4.74 Å². The Morgan fingerprint density at radius 2 is 1.81 bits per heavy atom. The molecule has 1 aromatic heterocycles. The molecule has 0 radical (unpaired) electrons. The van der Waals surface area contributed by atoms with Crippen molar-refractivity contribution in [1.82, 2.24) is 9.55 Å². The van der Waals surface area contributed by atoms with Crippen molar-refractivity contribution in [2.24, 2.45) is 0 Å². The normalized spacial score (nSPS) is 14.4. The van der Waals surface area contributed by atoms with E-state index in [1.165, 1.54) is 35.1 Å². The second-order valence-electron chi connectivity index (χ2n) is 8.41. The number of aromatic nitrogens is 2. The van der Waals surface area contributed by atoms with Crippen molar-refractivity contribution in [3.8, 4) is 5.75 Å². The zero-order valence-corrected chi connectivity index (χ0v) is 18.8. The third-order valence-corrected chi connectivity index (χ3v) is 6.36. The number of imidazole rings is 1. The molecule has 1 aliphatic rings. The van der Waals surface area contributed by atoms with Gasteiger partial charge in [-0.3, -0.25) is 0 Å². The average molecular weight is 419 g/mol. The van der Waals surface area contributed by atoms with Gasteiger partial charge in [-0.1, -0.05) is 50.2 Å². The predicted octanol–water partition coefficient (Wildman–Crippen LogP) is 6.29. The molecule has 0 bridgehead atoms. The minimum absolute atomic E-state index is 0.0936. The van der Waals surface area contributed by atoms with Crippen LogP contribution in [-0.2, 0) is 30.7 Å². The van der Waals surface area contributed by atoms with Crippen LogP contribution in [0.3, 0.4) is 0 Å². The molecule has 0 saturated heterocycles. The number of fused-ring (bicyclic) bond motifs is 1. The second-order valence-corrected chi connectivity index (χ2v) is 8.41. The van der Waals surface area contributed by atoms with Crippen LogP contribution in [0.4, 0.5) is 0 Å². The monoisotopic (exact) mass is 418 g/mol. The lowest BCUT2D eigenvalue weighted by atomic mass is 9.88. The third-order valence-electron chi connectivity index (χ3n) is 6.36. The number of ether oxygens (including phenoxy) is 2. The number of rotatable bonds is 10. The summed E-state index contributed by atoms with van der Waals surface area (Å²) in [4.78, 5) is 4.21. The molecule has 31 heavy (non-hydrogen) atoms. The Morgan fingerprint density at radius 1 is 1.00 bits per heavy atom. The van der Waals surface area contributed by atoms with E-state index in [4.69, 9.17) is 9.47 Å². The summed E-state index contributed by atoms with van der Waals surface area (Å²) in [6.45, 7) is 5.73. The Labute approximate surface area is 186 Å². The highest BCUT2D eigenvalue weighted by Crippen LogP contribution is 2.35. The molecule has 0 saturated carbocycles. The van der Waals surface area contributed by atoms with Gasteiger partial charge in [0.2, 0.25) is 0 Å². The second kappa shape index (κ2) is 10.6. The molecule has 0 fully saturated rings. The van der Waals surface area contributed by atoms with Crippen LogP contribution in [0.15, 0.2) is 61.2 Å². The first kappa shape index (κ1) is 21.6. The molecule has 1 atom stereocenters. The van der Waals surface area contributed by atoms with Crippen molar-refractivity contribution in [2.45, 2.75) is 77.7 Å². The van der Waals surface area contributed by atoms with E-state index in [9.17, 15) is 0 Å². The summed E-state index contributed by atoms with van der Waals surface area (Å²) in [5.41, 5.74) is 5.33. The van der Waals surface area contributed by atoms with E-state index in [1.54, 1.807) is 0 Å². The fourth-order valence-electron chi connectivity index (χ4n) is 4.49. The quantitative estimate of drug-likeness (QED) is 0.388. The number of benzene rings is 2. The van der Waals surface area contributed by atoms with E-state index < -0.39 is 0 Å². The Kier molecular flexibility index (Phi) is 7.42. The molecule has 0 amide bonds. The molecular weight excluding hydrogens is 384 g/mol. The van der Waals surface area contributed by atoms with E-state index >= 15 is 0 Å². The lowest BCUT2D eigenvalue weighted by Crippen LogP contribution is -2.18. The molecule has 164 valence electrons. The van der Waals surface area contributed by atoms with Crippen LogP contribution in [0.2, 0.25) is 0 Å². The number of hydrogen-bond donors (Lipinski definition) is 0. The number of aryl methyl sites for hydroxylation is 1. The lowest BCUT2D eigenvalue weighted by molar-refractivity contribution is 0.0331. The maximum Gasteiger partial charge on any atom is 0.142 e. The summed E-state index contributed by atoms with van der Waals surface area (Å²) in [7, 11) is 0. The van der Waals surface area contributed by atoms with Crippen molar-refractivity contribution >= 4 is 0 Å². The Hall–Kier alpha value is -2.59. The first-order valence-corrected chi connectivity index (χ1v) is 11.7. The Balaban J connectivity index is 1.65. The van der Waals surface area contributed by atoms with Crippen LogP contribution >= 0.6 is 0 Å². The average Bonchev–Trinajstić information content (AvgIpc) is 3.34. The van der Waals surface area contributed by atoms with Crippen LogP contribution in [0.1, 0.15) is 67.9 Å². The van der Waals surface area contributed by atoms with Crippen molar-refractivity contribution in [1.29, 1.82) is 0 Å². The van der Waals surface area contributed by atoms with E-state index in [0.717, 1.165) is 31.4 Å². The molecule has 2 aromatic carbocycles. The summed E-state index contributed by atoms with van der Waals surface area (Å²) < 4.78 is 15.2. The summed E-state index contributed by atoms with van der Waals surface area (Å²) in [6, 6.07) is 14.9. The Morgan fingerprint density at radius 3 is 2.55 bits per heavy atom. The summed E-state index contributed by atoms with van der Waals surface area (Å²) in [6.07, 6.45) is 12.7. The van der Waals surface area contributed by atoms with Gasteiger partial charge in [0.05, 0.1) is 25.6 Å². The number of hydrogen-bond acceptors (Lipinski definition) is 3. The topological polar surface area (TPSA) is 36.3 Å². The van der Waals surface area contributed by atoms with Gasteiger partial charge in [-0.25, -0.2) is 4.98 Å². The molecule has 4 heteroatoms. The summed E-state index contributed by atoms with van der Waals surface area (Å²) >= 11 is 0. The molecule has 1 aliphatic carbocycles.